The average molecular weight is 294 g/mol. The summed E-state index contributed by atoms with van der Waals surface area (Å²) in [4.78, 5) is 4.17. The third kappa shape index (κ3) is 3.15. The fourth-order valence-electron chi connectivity index (χ4n) is 2.39. The Morgan fingerprint density at radius 1 is 1.18 bits per heavy atom. The molecule has 2 aromatic carbocycles. The monoisotopic (exact) mass is 294 g/mol. The number of anilines is 1. The second kappa shape index (κ2) is 6.41. The number of H-pyrrole nitrogens is 1. The lowest BCUT2D eigenvalue weighted by Crippen LogP contribution is -2.07. The molecule has 0 radical (unpaired) electrons. The number of aliphatic hydroxyl groups is 1. The lowest BCUT2D eigenvalue weighted by Gasteiger charge is -2.17. The molecule has 0 aliphatic carbocycles. The number of aromatic nitrogens is 3. The highest BCUT2D eigenvalue weighted by Gasteiger charge is 2.07. The summed E-state index contributed by atoms with van der Waals surface area (Å²) >= 11 is 0. The maximum atomic E-state index is 9.24. The molecule has 1 atom stereocenters. The summed E-state index contributed by atoms with van der Waals surface area (Å²) < 4.78 is 0. The van der Waals surface area contributed by atoms with Crippen LogP contribution in [-0.4, -0.2) is 20.3 Å². The van der Waals surface area contributed by atoms with Crippen molar-refractivity contribution in [2.24, 2.45) is 0 Å². The third-order valence-corrected chi connectivity index (χ3v) is 3.57. The highest BCUT2D eigenvalue weighted by Crippen LogP contribution is 2.23. The maximum Gasteiger partial charge on any atom is 0.155 e. The van der Waals surface area contributed by atoms with E-state index in [-0.39, 0.29) is 12.6 Å². The molecule has 0 saturated carbocycles. The molecular formula is C17H18N4O. The van der Waals surface area contributed by atoms with Gasteiger partial charge in [-0.3, -0.25) is 5.10 Å². The molecule has 22 heavy (non-hydrogen) atoms. The first kappa shape index (κ1) is 14.3. The number of nitrogens with one attached hydrogen (secondary N) is 2. The summed E-state index contributed by atoms with van der Waals surface area (Å²) in [6.07, 6.45) is 1.50. The van der Waals surface area contributed by atoms with Crippen LogP contribution in [0.15, 0.2) is 54.9 Å². The predicted molar refractivity (Wildman–Crippen MR) is 86.2 cm³/mol. The van der Waals surface area contributed by atoms with Crippen LogP contribution < -0.4 is 5.32 Å². The molecule has 1 heterocycles. The fraction of sp³-hybridized carbons (Fsp3) is 0.176. The Hall–Kier alpha value is -2.66. The van der Waals surface area contributed by atoms with Crippen molar-refractivity contribution in [3.63, 3.8) is 0 Å². The van der Waals surface area contributed by atoms with Crippen LogP contribution in [0.4, 0.5) is 5.69 Å². The molecule has 0 aliphatic rings. The van der Waals surface area contributed by atoms with Crippen LogP contribution in [0.3, 0.4) is 0 Å². The van der Waals surface area contributed by atoms with Gasteiger partial charge in [-0.25, -0.2) is 4.98 Å². The minimum atomic E-state index is 0.0571. The number of aliphatic hydroxyl groups excluding tert-OH is 1. The van der Waals surface area contributed by atoms with Gasteiger partial charge in [-0.1, -0.05) is 36.4 Å². The molecule has 0 aliphatic heterocycles. The standard InChI is InChI=1S/C17H18N4O/c1-12(14-5-2-4-13(8-14)10-22)20-16-7-3-6-15(9-16)17-18-11-19-21-17/h2-9,11-12,20,22H,10H2,1H3,(H,18,19,21). The molecule has 5 nitrogen and oxygen atoms in total. The van der Waals surface area contributed by atoms with Crippen molar-refractivity contribution in [1.82, 2.24) is 15.2 Å². The Labute approximate surface area is 129 Å². The minimum absolute atomic E-state index is 0.0571. The summed E-state index contributed by atoms with van der Waals surface area (Å²) in [5.74, 6) is 0.749. The maximum absolute atomic E-state index is 9.24. The third-order valence-electron chi connectivity index (χ3n) is 3.57. The van der Waals surface area contributed by atoms with Gasteiger partial charge in [0.15, 0.2) is 5.82 Å². The molecule has 3 aromatic rings. The number of hydrogen-bond acceptors (Lipinski definition) is 4. The number of nitrogens with zero attached hydrogens (tertiary/aromatic N) is 2. The number of aromatic amines is 1. The second-order valence-electron chi connectivity index (χ2n) is 5.18. The summed E-state index contributed by atoms with van der Waals surface area (Å²) in [5, 5.41) is 19.4. The minimum Gasteiger partial charge on any atom is -0.392 e. The Balaban J connectivity index is 1.79. The van der Waals surface area contributed by atoms with Crippen molar-refractivity contribution in [3.8, 4) is 11.4 Å². The van der Waals surface area contributed by atoms with E-state index in [1.54, 1.807) is 0 Å². The topological polar surface area (TPSA) is 73.8 Å². The average Bonchev–Trinajstić information content (AvgIpc) is 3.10. The van der Waals surface area contributed by atoms with Gasteiger partial charge < -0.3 is 10.4 Å². The predicted octanol–water partition coefficient (Wildman–Crippen LogP) is 3.14. The van der Waals surface area contributed by atoms with Gasteiger partial charge in [-0.2, -0.15) is 5.10 Å². The van der Waals surface area contributed by atoms with E-state index in [2.05, 4.69) is 33.5 Å². The largest absolute Gasteiger partial charge is 0.392 e. The number of benzene rings is 2. The van der Waals surface area contributed by atoms with Gasteiger partial charge in [0.05, 0.1) is 6.61 Å². The molecule has 1 unspecified atom stereocenters. The van der Waals surface area contributed by atoms with E-state index in [0.717, 1.165) is 28.2 Å². The lowest BCUT2D eigenvalue weighted by atomic mass is 10.0. The van der Waals surface area contributed by atoms with E-state index < -0.39 is 0 Å². The normalized spacial score (nSPS) is 12.1. The molecule has 1 aromatic heterocycles. The van der Waals surface area contributed by atoms with Crippen LogP contribution in [-0.2, 0) is 6.61 Å². The van der Waals surface area contributed by atoms with Crippen molar-refractivity contribution in [2.45, 2.75) is 19.6 Å². The Kier molecular flexibility index (Phi) is 4.16. The zero-order valence-corrected chi connectivity index (χ0v) is 12.3. The first-order valence-electron chi connectivity index (χ1n) is 7.18. The Morgan fingerprint density at radius 3 is 2.82 bits per heavy atom. The van der Waals surface area contributed by atoms with Crippen molar-refractivity contribution in [2.75, 3.05) is 5.32 Å². The summed E-state index contributed by atoms with van der Waals surface area (Å²) in [6.45, 7) is 2.15. The first-order valence-corrected chi connectivity index (χ1v) is 7.18. The Morgan fingerprint density at radius 2 is 2.05 bits per heavy atom. The molecular weight excluding hydrogens is 276 g/mol. The molecule has 5 heteroatoms. The van der Waals surface area contributed by atoms with E-state index in [1.165, 1.54) is 6.33 Å². The van der Waals surface area contributed by atoms with Crippen LogP contribution >= 0.6 is 0 Å². The molecule has 0 saturated heterocycles. The van der Waals surface area contributed by atoms with Gasteiger partial charge >= 0.3 is 0 Å². The van der Waals surface area contributed by atoms with Crippen LogP contribution in [0, 0.1) is 0 Å². The van der Waals surface area contributed by atoms with E-state index in [4.69, 9.17) is 0 Å². The van der Waals surface area contributed by atoms with Gasteiger partial charge in [0.25, 0.3) is 0 Å². The number of rotatable bonds is 5. The molecule has 3 N–H and O–H groups in total. The van der Waals surface area contributed by atoms with Crippen molar-refractivity contribution < 1.29 is 5.11 Å². The van der Waals surface area contributed by atoms with Gasteiger partial charge in [-0.05, 0) is 30.2 Å². The molecule has 3 rings (SSSR count). The van der Waals surface area contributed by atoms with E-state index >= 15 is 0 Å². The Bertz CT molecular complexity index is 740. The lowest BCUT2D eigenvalue weighted by molar-refractivity contribution is 0.281. The van der Waals surface area contributed by atoms with Crippen molar-refractivity contribution in [1.29, 1.82) is 0 Å². The van der Waals surface area contributed by atoms with Crippen LogP contribution in [0.25, 0.3) is 11.4 Å². The van der Waals surface area contributed by atoms with Crippen LogP contribution in [0.5, 0.6) is 0 Å². The fourth-order valence-corrected chi connectivity index (χ4v) is 2.39. The van der Waals surface area contributed by atoms with E-state index in [0.29, 0.717) is 0 Å². The zero-order chi connectivity index (χ0) is 15.4. The van der Waals surface area contributed by atoms with Crippen LogP contribution in [0.2, 0.25) is 0 Å². The SMILES string of the molecule is CC(Nc1cccc(-c2ncn[nH]2)c1)c1cccc(CO)c1. The van der Waals surface area contributed by atoms with Crippen LogP contribution in [0.1, 0.15) is 24.1 Å². The van der Waals surface area contributed by atoms with E-state index in [1.807, 2.05) is 42.5 Å². The summed E-state index contributed by atoms with van der Waals surface area (Å²) in [5.41, 5.74) is 4.05. The van der Waals surface area contributed by atoms with Crippen molar-refractivity contribution >= 4 is 5.69 Å². The quantitative estimate of drug-likeness (QED) is 0.676. The summed E-state index contributed by atoms with van der Waals surface area (Å²) in [7, 11) is 0. The molecule has 0 spiro atoms. The van der Waals surface area contributed by atoms with Gasteiger partial charge in [0.2, 0.25) is 0 Å². The van der Waals surface area contributed by atoms with Gasteiger partial charge in [-0.15, -0.1) is 0 Å². The number of hydrogen-bond donors (Lipinski definition) is 3. The highest BCUT2D eigenvalue weighted by atomic mass is 16.3. The smallest absolute Gasteiger partial charge is 0.155 e. The summed E-state index contributed by atoms with van der Waals surface area (Å²) in [6, 6.07) is 16.1. The van der Waals surface area contributed by atoms with E-state index in [9.17, 15) is 5.11 Å². The van der Waals surface area contributed by atoms with Crippen molar-refractivity contribution in [3.05, 3.63) is 66.0 Å². The molecule has 112 valence electrons. The van der Waals surface area contributed by atoms with Gasteiger partial charge in [0.1, 0.15) is 6.33 Å². The molecule has 0 bridgehead atoms. The molecule has 0 amide bonds. The first-order chi connectivity index (χ1) is 10.8. The zero-order valence-electron chi connectivity index (χ0n) is 12.3. The van der Waals surface area contributed by atoms with Gasteiger partial charge in [0, 0.05) is 17.3 Å². The second-order valence-corrected chi connectivity index (χ2v) is 5.18. The molecule has 0 fully saturated rings. The highest BCUT2D eigenvalue weighted by molar-refractivity contribution is 5.62.